The largest absolute Gasteiger partial charge is 0.507 e. The van der Waals surface area contributed by atoms with E-state index in [-0.39, 0.29) is 18.1 Å². The summed E-state index contributed by atoms with van der Waals surface area (Å²) in [6.07, 6.45) is 1.50. The molecule has 0 spiro atoms. The maximum Gasteiger partial charge on any atom is 0.244 e. The highest BCUT2D eigenvalue weighted by atomic mass is 35.5. The molecule has 0 aliphatic rings. The number of phenolic OH excluding ortho intramolecular Hbond substituents is 1. The average molecular weight is 369 g/mol. The summed E-state index contributed by atoms with van der Waals surface area (Å²) < 4.78 is 5.14. The van der Waals surface area contributed by atoms with Crippen LogP contribution >= 0.6 is 11.6 Å². The third-order valence-electron chi connectivity index (χ3n) is 3.93. The van der Waals surface area contributed by atoms with Crippen molar-refractivity contribution in [1.29, 1.82) is 0 Å². The Morgan fingerprint density at radius 3 is 2.85 bits per heavy atom. The molecule has 0 aliphatic heterocycles. The van der Waals surface area contributed by atoms with Gasteiger partial charge in [0.25, 0.3) is 0 Å². The van der Waals surface area contributed by atoms with Crippen molar-refractivity contribution in [1.82, 2.24) is 5.43 Å². The van der Waals surface area contributed by atoms with Gasteiger partial charge in [0.1, 0.15) is 11.5 Å². The molecule has 0 heterocycles. The van der Waals surface area contributed by atoms with Gasteiger partial charge in [-0.1, -0.05) is 41.9 Å². The highest BCUT2D eigenvalue weighted by Crippen LogP contribution is 2.25. The second-order valence-electron chi connectivity index (χ2n) is 5.65. The number of ether oxygens (including phenoxy) is 1. The number of hydrogen-bond donors (Lipinski definition) is 2. The summed E-state index contributed by atoms with van der Waals surface area (Å²) in [6.45, 7) is 0. The fourth-order valence-electron chi connectivity index (χ4n) is 2.61. The first-order chi connectivity index (χ1) is 12.6. The SMILES string of the molecule is COc1ccc(Cl)c(CC(=O)N/N=C/c2c(O)ccc3ccccc23)c1. The monoisotopic (exact) mass is 368 g/mol. The second-order valence-corrected chi connectivity index (χ2v) is 6.05. The summed E-state index contributed by atoms with van der Waals surface area (Å²) in [4.78, 5) is 12.1. The van der Waals surface area contributed by atoms with Crippen LogP contribution in [0.3, 0.4) is 0 Å². The normalized spacial score (nSPS) is 11.0. The summed E-state index contributed by atoms with van der Waals surface area (Å²) >= 11 is 6.11. The number of rotatable bonds is 5. The zero-order valence-electron chi connectivity index (χ0n) is 14.1. The molecule has 26 heavy (non-hydrogen) atoms. The van der Waals surface area contributed by atoms with Crippen molar-refractivity contribution in [2.75, 3.05) is 7.11 Å². The van der Waals surface area contributed by atoms with Crippen LogP contribution in [0.15, 0.2) is 59.7 Å². The molecule has 0 radical (unpaired) electrons. The summed E-state index contributed by atoms with van der Waals surface area (Å²) in [5.41, 5.74) is 3.65. The third-order valence-corrected chi connectivity index (χ3v) is 4.30. The second kappa shape index (κ2) is 7.89. The van der Waals surface area contributed by atoms with E-state index in [1.165, 1.54) is 6.21 Å². The molecule has 0 aromatic heterocycles. The van der Waals surface area contributed by atoms with Crippen molar-refractivity contribution in [2.45, 2.75) is 6.42 Å². The number of halogens is 1. The van der Waals surface area contributed by atoms with E-state index in [1.54, 1.807) is 31.4 Å². The first-order valence-electron chi connectivity index (χ1n) is 7.93. The molecule has 0 aliphatic carbocycles. The molecule has 0 bridgehead atoms. The van der Waals surface area contributed by atoms with E-state index in [0.29, 0.717) is 21.9 Å². The Bertz CT molecular complexity index is 986. The number of hydrazone groups is 1. The first-order valence-corrected chi connectivity index (χ1v) is 8.31. The molecule has 1 amide bonds. The lowest BCUT2D eigenvalue weighted by atomic mass is 10.0. The zero-order chi connectivity index (χ0) is 18.5. The van der Waals surface area contributed by atoms with Gasteiger partial charge >= 0.3 is 0 Å². The van der Waals surface area contributed by atoms with E-state index in [1.807, 2.05) is 30.3 Å². The van der Waals surface area contributed by atoms with E-state index in [4.69, 9.17) is 16.3 Å². The Hall–Kier alpha value is -3.05. The van der Waals surface area contributed by atoms with Gasteiger partial charge in [-0.15, -0.1) is 0 Å². The Morgan fingerprint density at radius 2 is 2.04 bits per heavy atom. The average Bonchev–Trinajstić information content (AvgIpc) is 2.65. The number of amides is 1. The first kappa shape index (κ1) is 17.8. The Balaban J connectivity index is 1.73. The van der Waals surface area contributed by atoms with Crippen LogP contribution in [-0.4, -0.2) is 24.3 Å². The van der Waals surface area contributed by atoms with Gasteiger partial charge < -0.3 is 9.84 Å². The summed E-state index contributed by atoms with van der Waals surface area (Å²) in [5, 5.41) is 16.3. The lowest BCUT2D eigenvalue weighted by Crippen LogP contribution is -2.20. The lowest BCUT2D eigenvalue weighted by Gasteiger charge is -2.07. The number of fused-ring (bicyclic) bond motifs is 1. The van der Waals surface area contributed by atoms with Crippen molar-refractivity contribution < 1.29 is 14.6 Å². The van der Waals surface area contributed by atoms with Crippen molar-refractivity contribution in [2.24, 2.45) is 5.10 Å². The molecule has 0 saturated heterocycles. The predicted octanol–water partition coefficient (Wildman–Crippen LogP) is 3.90. The van der Waals surface area contributed by atoms with E-state index in [2.05, 4.69) is 10.5 Å². The van der Waals surface area contributed by atoms with Crippen molar-refractivity contribution in [3.05, 3.63) is 70.7 Å². The van der Waals surface area contributed by atoms with Gasteiger partial charge in [-0.25, -0.2) is 5.43 Å². The molecular weight excluding hydrogens is 352 g/mol. The van der Waals surface area contributed by atoms with Gasteiger partial charge in [0.2, 0.25) is 5.91 Å². The summed E-state index contributed by atoms with van der Waals surface area (Å²) in [6, 6.07) is 16.2. The number of nitrogens with zero attached hydrogens (tertiary/aromatic N) is 1. The maximum atomic E-state index is 12.1. The molecule has 3 rings (SSSR count). The number of methoxy groups -OCH3 is 1. The molecule has 0 fully saturated rings. The molecule has 0 unspecified atom stereocenters. The summed E-state index contributed by atoms with van der Waals surface area (Å²) in [7, 11) is 1.55. The zero-order valence-corrected chi connectivity index (χ0v) is 14.8. The number of carbonyl (C=O) groups is 1. The van der Waals surface area contributed by atoms with Crippen molar-refractivity contribution in [3.8, 4) is 11.5 Å². The number of nitrogens with one attached hydrogen (secondary N) is 1. The molecule has 0 saturated carbocycles. The Kier molecular flexibility index (Phi) is 5.39. The molecule has 6 heteroatoms. The van der Waals surface area contributed by atoms with Crippen molar-refractivity contribution in [3.63, 3.8) is 0 Å². The summed E-state index contributed by atoms with van der Waals surface area (Å²) in [5.74, 6) is 0.398. The number of phenols is 1. The highest BCUT2D eigenvalue weighted by Gasteiger charge is 2.09. The van der Waals surface area contributed by atoms with Crippen LogP contribution in [0.5, 0.6) is 11.5 Å². The van der Waals surface area contributed by atoms with Crippen LogP contribution in [0.4, 0.5) is 0 Å². The standard InChI is InChI=1S/C20H17ClN2O3/c1-26-15-7-8-18(21)14(10-15)11-20(25)23-22-12-17-16-5-3-2-4-13(16)6-9-19(17)24/h2-10,12,24H,11H2,1H3,(H,23,25)/b22-12+. The minimum absolute atomic E-state index is 0.0644. The van der Waals surface area contributed by atoms with Crippen LogP contribution in [0.2, 0.25) is 5.02 Å². The van der Waals surface area contributed by atoms with E-state index >= 15 is 0 Å². The fraction of sp³-hybridized carbons (Fsp3) is 0.100. The van der Waals surface area contributed by atoms with Crippen LogP contribution in [-0.2, 0) is 11.2 Å². The topological polar surface area (TPSA) is 70.9 Å². The lowest BCUT2D eigenvalue weighted by molar-refractivity contribution is -0.120. The number of aromatic hydroxyl groups is 1. The van der Waals surface area contributed by atoms with Gasteiger partial charge in [0.05, 0.1) is 19.7 Å². The van der Waals surface area contributed by atoms with Crippen LogP contribution in [0, 0.1) is 0 Å². The van der Waals surface area contributed by atoms with E-state index in [0.717, 1.165) is 10.8 Å². The van der Waals surface area contributed by atoms with Crippen LogP contribution in [0.25, 0.3) is 10.8 Å². The van der Waals surface area contributed by atoms with Gasteiger partial charge in [-0.2, -0.15) is 5.10 Å². The smallest absolute Gasteiger partial charge is 0.244 e. The minimum atomic E-state index is -0.323. The number of hydrogen-bond acceptors (Lipinski definition) is 4. The fourth-order valence-corrected chi connectivity index (χ4v) is 2.80. The van der Waals surface area contributed by atoms with E-state index in [9.17, 15) is 9.90 Å². The van der Waals surface area contributed by atoms with Crippen molar-refractivity contribution >= 4 is 34.5 Å². The van der Waals surface area contributed by atoms with Crippen LogP contribution in [0.1, 0.15) is 11.1 Å². The maximum absolute atomic E-state index is 12.1. The Labute approximate surface area is 155 Å². The molecule has 0 atom stereocenters. The van der Waals surface area contributed by atoms with E-state index < -0.39 is 0 Å². The van der Waals surface area contributed by atoms with Gasteiger partial charge in [-0.05, 0) is 40.6 Å². The minimum Gasteiger partial charge on any atom is -0.507 e. The molecule has 2 N–H and O–H groups in total. The van der Waals surface area contributed by atoms with Gasteiger partial charge in [0.15, 0.2) is 0 Å². The quantitative estimate of drug-likeness (QED) is 0.530. The number of benzene rings is 3. The highest BCUT2D eigenvalue weighted by molar-refractivity contribution is 6.31. The molecule has 3 aromatic rings. The van der Waals surface area contributed by atoms with Gasteiger partial charge in [0, 0.05) is 10.6 Å². The van der Waals surface area contributed by atoms with Gasteiger partial charge in [-0.3, -0.25) is 4.79 Å². The molecule has 132 valence electrons. The third kappa shape index (κ3) is 3.95. The van der Waals surface area contributed by atoms with Crippen LogP contribution < -0.4 is 10.2 Å². The molecular formula is C20H17ClN2O3. The predicted molar refractivity (Wildman–Crippen MR) is 103 cm³/mol. The Morgan fingerprint density at radius 1 is 1.23 bits per heavy atom. The molecule has 5 nitrogen and oxygen atoms in total. The number of carbonyl (C=O) groups excluding carboxylic acids is 1. The molecule has 3 aromatic carbocycles.